The van der Waals surface area contributed by atoms with Gasteiger partial charge in [-0.2, -0.15) is 0 Å². The zero-order valence-electron chi connectivity index (χ0n) is 25.5. The van der Waals surface area contributed by atoms with Crippen LogP contribution in [0, 0.1) is 11.8 Å². The molecule has 0 aromatic heterocycles. The van der Waals surface area contributed by atoms with Crippen molar-refractivity contribution in [3.63, 3.8) is 0 Å². The first-order valence-corrected chi connectivity index (χ1v) is 14.5. The fourth-order valence-corrected chi connectivity index (χ4v) is 5.25. The molecule has 2 rings (SSSR count). The Kier molecular flexibility index (Phi) is 12.3. The standard InChI is InChI=1S/C29H47N5O7/c1-9-12-21-27(38)34-16-11-13-20(34)26(37)31-23(18(5)10-2)28(39)33(8)24(17(3)4)29(40)32(7)19(6)25(36)30-15-14-22(35)41-21/h9,17-21,23-24H,1,10-16H2,2-8H3,(H,30,36)(H,31,37)/t18-,19-,20-,21+,23-,24-/m0/s1. The van der Waals surface area contributed by atoms with E-state index in [1.54, 1.807) is 6.92 Å². The van der Waals surface area contributed by atoms with Crippen LogP contribution in [0.15, 0.2) is 12.7 Å². The van der Waals surface area contributed by atoms with Crippen LogP contribution >= 0.6 is 0 Å². The molecule has 0 saturated carbocycles. The summed E-state index contributed by atoms with van der Waals surface area (Å²) < 4.78 is 5.45. The lowest BCUT2D eigenvalue weighted by Crippen LogP contribution is -2.60. The average molecular weight is 578 g/mol. The normalized spacial score (nSPS) is 28.8. The summed E-state index contributed by atoms with van der Waals surface area (Å²) in [7, 11) is 3.02. The molecule has 230 valence electrons. The van der Waals surface area contributed by atoms with E-state index in [4.69, 9.17) is 4.74 Å². The summed E-state index contributed by atoms with van der Waals surface area (Å²) in [5, 5.41) is 5.51. The second-order valence-corrected chi connectivity index (χ2v) is 11.4. The summed E-state index contributed by atoms with van der Waals surface area (Å²) in [5.41, 5.74) is 0. The molecule has 2 fully saturated rings. The monoisotopic (exact) mass is 577 g/mol. The second kappa shape index (κ2) is 15.0. The van der Waals surface area contributed by atoms with Crippen LogP contribution in [0.3, 0.4) is 0 Å². The number of fused-ring (bicyclic) bond motifs is 1. The molecule has 41 heavy (non-hydrogen) atoms. The SMILES string of the molecule is C=CC[C@H]1OC(=O)CCNC(=O)[C@H](C)N(C)C(=O)[C@H](C(C)C)N(C)C(=O)[C@H]([C@@H](C)CC)NC(=O)[C@@H]2CCCN2C1=O. The number of hydrogen-bond acceptors (Lipinski definition) is 7. The van der Waals surface area contributed by atoms with Gasteiger partial charge in [-0.15, -0.1) is 6.58 Å². The van der Waals surface area contributed by atoms with E-state index in [0.29, 0.717) is 25.8 Å². The summed E-state index contributed by atoms with van der Waals surface area (Å²) in [4.78, 5) is 84.0. The third kappa shape index (κ3) is 8.07. The molecule has 0 spiro atoms. The number of nitrogens with one attached hydrogen (secondary N) is 2. The Morgan fingerprint density at radius 3 is 2.24 bits per heavy atom. The number of carbonyl (C=O) groups is 6. The minimum atomic E-state index is -1.17. The lowest BCUT2D eigenvalue weighted by Gasteiger charge is -2.38. The van der Waals surface area contributed by atoms with Gasteiger partial charge in [0.2, 0.25) is 23.6 Å². The van der Waals surface area contributed by atoms with E-state index < -0.39 is 65.8 Å². The molecule has 0 aliphatic carbocycles. The van der Waals surface area contributed by atoms with Crippen LogP contribution in [0.2, 0.25) is 0 Å². The van der Waals surface area contributed by atoms with Crippen molar-refractivity contribution in [3.8, 4) is 0 Å². The molecule has 6 atom stereocenters. The third-order valence-corrected chi connectivity index (χ3v) is 8.13. The van der Waals surface area contributed by atoms with Crippen molar-refractivity contribution in [1.29, 1.82) is 0 Å². The first kappa shape index (κ1) is 33.8. The summed E-state index contributed by atoms with van der Waals surface area (Å²) in [6.07, 6.45) is 1.70. The zero-order valence-corrected chi connectivity index (χ0v) is 25.5. The maximum Gasteiger partial charge on any atom is 0.308 e. The largest absolute Gasteiger partial charge is 0.452 e. The molecule has 12 heteroatoms. The van der Waals surface area contributed by atoms with Crippen LogP contribution in [-0.4, -0.2) is 108 Å². The fraction of sp³-hybridized carbons (Fsp3) is 0.724. The lowest BCUT2D eigenvalue weighted by atomic mass is 9.94. The van der Waals surface area contributed by atoms with Crippen LogP contribution in [0.4, 0.5) is 0 Å². The number of amides is 5. The fourth-order valence-electron chi connectivity index (χ4n) is 5.25. The maximum atomic E-state index is 13.9. The molecule has 2 N–H and O–H groups in total. The van der Waals surface area contributed by atoms with Crippen LogP contribution in [0.5, 0.6) is 0 Å². The number of ether oxygens (including phenoxy) is 1. The van der Waals surface area contributed by atoms with Gasteiger partial charge in [0, 0.05) is 33.6 Å². The van der Waals surface area contributed by atoms with Crippen molar-refractivity contribution < 1.29 is 33.5 Å². The number of carbonyl (C=O) groups excluding carboxylic acids is 6. The van der Waals surface area contributed by atoms with E-state index in [-0.39, 0.29) is 31.2 Å². The maximum absolute atomic E-state index is 13.9. The third-order valence-electron chi connectivity index (χ3n) is 8.13. The molecule has 2 aliphatic rings. The molecule has 0 bridgehead atoms. The van der Waals surface area contributed by atoms with Gasteiger partial charge >= 0.3 is 5.97 Å². The molecule has 2 aliphatic heterocycles. The van der Waals surface area contributed by atoms with Crippen molar-refractivity contribution in [1.82, 2.24) is 25.3 Å². The van der Waals surface area contributed by atoms with Gasteiger partial charge in [-0.3, -0.25) is 28.8 Å². The van der Waals surface area contributed by atoms with Crippen molar-refractivity contribution in [2.24, 2.45) is 11.8 Å². The number of cyclic esters (lactones) is 1. The number of esters is 1. The molecule has 0 aromatic rings. The van der Waals surface area contributed by atoms with E-state index in [1.165, 1.54) is 34.9 Å². The van der Waals surface area contributed by atoms with Crippen molar-refractivity contribution in [2.45, 2.75) is 97.0 Å². The summed E-state index contributed by atoms with van der Waals surface area (Å²) in [5.74, 6) is -3.58. The second-order valence-electron chi connectivity index (χ2n) is 11.4. The summed E-state index contributed by atoms with van der Waals surface area (Å²) in [6.45, 7) is 12.8. The zero-order chi connectivity index (χ0) is 31.0. The lowest BCUT2D eigenvalue weighted by molar-refractivity contribution is -0.161. The molecule has 2 saturated heterocycles. The highest BCUT2D eigenvalue weighted by Crippen LogP contribution is 2.23. The van der Waals surface area contributed by atoms with Gasteiger partial charge in [-0.05, 0) is 31.6 Å². The van der Waals surface area contributed by atoms with Crippen LogP contribution in [0.1, 0.15) is 66.7 Å². The molecule has 2 heterocycles. The topological polar surface area (TPSA) is 145 Å². The summed E-state index contributed by atoms with van der Waals surface area (Å²) >= 11 is 0. The van der Waals surface area contributed by atoms with E-state index in [1.807, 2.05) is 27.7 Å². The first-order chi connectivity index (χ1) is 19.3. The number of hydrogen-bond donors (Lipinski definition) is 2. The van der Waals surface area contributed by atoms with Gasteiger partial charge in [-0.25, -0.2) is 0 Å². The predicted octanol–water partition coefficient (Wildman–Crippen LogP) is 0.846. The highest BCUT2D eigenvalue weighted by Gasteiger charge is 2.42. The van der Waals surface area contributed by atoms with E-state index >= 15 is 0 Å². The molecule has 12 nitrogen and oxygen atoms in total. The minimum Gasteiger partial charge on any atom is -0.452 e. The summed E-state index contributed by atoms with van der Waals surface area (Å²) in [6, 6.07) is -3.57. The highest BCUT2D eigenvalue weighted by atomic mass is 16.5. The van der Waals surface area contributed by atoms with Gasteiger partial charge in [0.15, 0.2) is 6.10 Å². The van der Waals surface area contributed by atoms with Crippen LogP contribution < -0.4 is 10.6 Å². The Morgan fingerprint density at radius 2 is 1.66 bits per heavy atom. The van der Waals surface area contributed by atoms with Gasteiger partial charge < -0.3 is 30.1 Å². The number of rotatable bonds is 5. The predicted molar refractivity (Wildman–Crippen MR) is 152 cm³/mol. The average Bonchev–Trinajstić information content (AvgIpc) is 3.43. The van der Waals surface area contributed by atoms with E-state index in [2.05, 4.69) is 17.2 Å². The Bertz CT molecular complexity index is 1020. The Morgan fingerprint density at radius 1 is 1.00 bits per heavy atom. The molecular weight excluding hydrogens is 530 g/mol. The number of nitrogens with zero attached hydrogens (tertiary/aromatic N) is 3. The minimum absolute atomic E-state index is 0.0566. The molecule has 0 aromatic carbocycles. The van der Waals surface area contributed by atoms with E-state index in [0.717, 1.165) is 0 Å². The molecule has 0 radical (unpaired) electrons. The van der Waals surface area contributed by atoms with Gasteiger partial charge in [0.1, 0.15) is 24.2 Å². The van der Waals surface area contributed by atoms with Crippen molar-refractivity contribution in [3.05, 3.63) is 12.7 Å². The smallest absolute Gasteiger partial charge is 0.308 e. The van der Waals surface area contributed by atoms with Gasteiger partial charge in [-0.1, -0.05) is 40.2 Å². The Labute approximate surface area is 243 Å². The molecule has 0 unspecified atom stereocenters. The Hall–Kier alpha value is -3.44. The first-order valence-electron chi connectivity index (χ1n) is 14.5. The van der Waals surface area contributed by atoms with Gasteiger partial charge in [0.25, 0.3) is 5.91 Å². The van der Waals surface area contributed by atoms with Crippen LogP contribution in [0.25, 0.3) is 0 Å². The Balaban J connectivity index is 2.53. The molecule has 5 amide bonds. The van der Waals surface area contributed by atoms with Crippen molar-refractivity contribution >= 4 is 35.5 Å². The number of likely N-dealkylation sites (N-methyl/N-ethyl adjacent to an activating group) is 2. The van der Waals surface area contributed by atoms with Gasteiger partial charge in [0.05, 0.1) is 6.42 Å². The quantitative estimate of drug-likeness (QED) is 0.364. The van der Waals surface area contributed by atoms with E-state index in [9.17, 15) is 28.8 Å². The van der Waals surface area contributed by atoms with Crippen molar-refractivity contribution in [2.75, 3.05) is 27.2 Å². The molecular formula is C29H47N5O7. The van der Waals surface area contributed by atoms with Crippen LogP contribution in [-0.2, 0) is 33.5 Å². The highest BCUT2D eigenvalue weighted by molar-refractivity contribution is 5.96.